The highest BCUT2D eigenvalue weighted by molar-refractivity contribution is 7.21. The van der Waals surface area contributed by atoms with E-state index in [1.807, 2.05) is 0 Å². The second-order valence-electron chi connectivity index (χ2n) is 10.5. The maximum atomic E-state index is 13.8. The van der Waals surface area contributed by atoms with E-state index in [1.165, 1.54) is 33.1 Å². The van der Waals surface area contributed by atoms with Crippen molar-refractivity contribution in [2.24, 2.45) is 0 Å². The van der Waals surface area contributed by atoms with E-state index >= 15 is 0 Å². The zero-order chi connectivity index (χ0) is 34.2. The number of rotatable bonds is 8. The molecule has 4 aromatic rings. The summed E-state index contributed by atoms with van der Waals surface area (Å²) in [7, 11) is 1.23. The normalized spacial score (nSPS) is 12.2. The summed E-state index contributed by atoms with van der Waals surface area (Å²) in [5, 5.41) is 17.0. The maximum Gasteiger partial charge on any atom is 0.419 e. The molecule has 46 heavy (non-hydrogen) atoms. The zero-order valence-corrected chi connectivity index (χ0v) is 24.9. The van der Waals surface area contributed by atoms with Crippen LogP contribution in [0.1, 0.15) is 55.4 Å². The molecule has 4 N–H and O–H groups in total. The first-order chi connectivity index (χ1) is 21.3. The first-order valence-corrected chi connectivity index (χ1v) is 13.9. The van der Waals surface area contributed by atoms with Crippen molar-refractivity contribution in [1.29, 1.82) is 0 Å². The van der Waals surface area contributed by atoms with Crippen LogP contribution in [0, 0.1) is 5.82 Å². The van der Waals surface area contributed by atoms with Crippen LogP contribution in [0.3, 0.4) is 0 Å². The fourth-order valence-corrected chi connectivity index (χ4v) is 5.26. The summed E-state index contributed by atoms with van der Waals surface area (Å²) >= 11 is 0.516. The van der Waals surface area contributed by atoms with Gasteiger partial charge in [-0.05, 0) is 62.4 Å². The van der Waals surface area contributed by atoms with E-state index in [9.17, 15) is 50.2 Å². The maximum absolute atomic E-state index is 13.8. The molecule has 0 aliphatic rings. The van der Waals surface area contributed by atoms with Crippen LogP contribution >= 0.6 is 11.3 Å². The number of halogens is 7. The number of carbonyl (C=O) groups excluding carboxylic acids is 3. The molecule has 0 unspecified atom stereocenters. The molecule has 0 fully saturated rings. The van der Waals surface area contributed by atoms with Crippen LogP contribution in [0.15, 0.2) is 54.6 Å². The van der Waals surface area contributed by atoms with Crippen molar-refractivity contribution >= 4 is 50.5 Å². The van der Waals surface area contributed by atoms with Gasteiger partial charge in [0.1, 0.15) is 16.4 Å². The molecule has 244 valence electrons. The molecule has 1 aromatic heterocycles. The molecule has 0 aliphatic carbocycles. The SMILES string of the molecule is COc1ccc(C(=O)NCC(C)(C)O)cc1C(=O)Nc1c(C(=O)Nc2ccc(F)c(C(F)(F)F)c2)sc2cc(C(F)(F)F)ccc12. The highest BCUT2D eigenvalue weighted by Crippen LogP contribution is 2.41. The summed E-state index contributed by atoms with van der Waals surface area (Å²) < 4.78 is 98.9. The van der Waals surface area contributed by atoms with Crippen LogP contribution in [0.5, 0.6) is 5.75 Å². The van der Waals surface area contributed by atoms with Crippen LogP contribution < -0.4 is 20.7 Å². The molecular weight excluding hydrogens is 647 g/mol. The largest absolute Gasteiger partial charge is 0.496 e. The highest BCUT2D eigenvalue weighted by Gasteiger charge is 2.35. The van der Waals surface area contributed by atoms with Gasteiger partial charge in [-0.3, -0.25) is 14.4 Å². The molecule has 4 rings (SSSR count). The van der Waals surface area contributed by atoms with Gasteiger partial charge in [0.25, 0.3) is 17.7 Å². The second kappa shape index (κ2) is 12.6. The summed E-state index contributed by atoms with van der Waals surface area (Å²) in [5.74, 6) is -4.34. The number of anilines is 2. The van der Waals surface area contributed by atoms with Gasteiger partial charge in [-0.1, -0.05) is 6.07 Å². The van der Waals surface area contributed by atoms with Crippen molar-refractivity contribution in [1.82, 2.24) is 5.32 Å². The van der Waals surface area contributed by atoms with Gasteiger partial charge in [0, 0.05) is 27.9 Å². The van der Waals surface area contributed by atoms with Crippen molar-refractivity contribution in [2.45, 2.75) is 31.8 Å². The summed E-state index contributed by atoms with van der Waals surface area (Å²) in [6, 6.07) is 7.95. The summed E-state index contributed by atoms with van der Waals surface area (Å²) in [6.45, 7) is 2.79. The van der Waals surface area contributed by atoms with E-state index < -0.39 is 63.2 Å². The average Bonchev–Trinajstić information content (AvgIpc) is 3.32. The number of benzene rings is 3. The van der Waals surface area contributed by atoms with Crippen molar-refractivity contribution in [3.8, 4) is 5.75 Å². The number of carbonyl (C=O) groups is 3. The Morgan fingerprint density at radius 1 is 0.848 bits per heavy atom. The third-order valence-corrected chi connectivity index (χ3v) is 7.53. The monoisotopic (exact) mass is 671 g/mol. The highest BCUT2D eigenvalue weighted by atomic mass is 32.1. The summed E-state index contributed by atoms with van der Waals surface area (Å²) in [5.41, 5.74) is -4.97. The van der Waals surface area contributed by atoms with Crippen LogP contribution in [0.4, 0.5) is 42.1 Å². The number of hydrogen-bond donors (Lipinski definition) is 4. The topological polar surface area (TPSA) is 117 Å². The lowest BCUT2D eigenvalue weighted by molar-refractivity contribution is -0.140. The summed E-state index contributed by atoms with van der Waals surface area (Å²) in [6.07, 6.45) is -9.85. The van der Waals surface area contributed by atoms with Gasteiger partial charge in [0.2, 0.25) is 0 Å². The van der Waals surface area contributed by atoms with Crippen LogP contribution in [-0.2, 0) is 12.4 Å². The number of thiophene rings is 1. The number of methoxy groups -OCH3 is 1. The number of ether oxygens (including phenoxy) is 1. The number of amides is 3. The second-order valence-corrected chi connectivity index (χ2v) is 11.6. The van der Waals surface area contributed by atoms with Gasteiger partial charge >= 0.3 is 12.4 Å². The minimum Gasteiger partial charge on any atom is -0.496 e. The van der Waals surface area contributed by atoms with Gasteiger partial charge < -0.3 is 25.8 Å². The Bertz CT molecular complexity index is 1830. The molecule has 0 spiro atoms. The molecule has 1 heterocycles. The fraction of sp³-hybridized carbons (Fsp3) is 0.233. The van der Waals surface area contributed by atoms with Crippen molar-refractivity contribution < 1.29 is 55.0 Å². The van der Waals surface area contributed by atoms with E-state index in [-0.39, 0.29) is 39.2 Å². The third kappa shape index (κ3) is 7.74. The summed E-state index contributed by atoms with van der Waals surface area (Å²) in [4.78, 5) is 39.1. The third-order valence-electron chi connectivity index (χ3n) is 6.38. The lowest BCUT2D eigenvalue weighted by atomic mass is 10.1. The van der Waals surface area contributed by atoms with Crippen LogP contribution in [-0.4, -0.2) is 42.1 Å². The number of nitrogens with one attached hydrogen (secondary N) is 3. The Hall–Kier alpha value is -4.70. The van der Waals surface area contributed by atoms with Crippen molar-refractivity contribution in [2.75, 3.05) is 24.3 Å². The first-order valence-electron chi connectivity index (χ1n) is 13.1. The molecule has 16 heteroatoms. The molecule has 0 saturated heterocycles. The molecule has 0 atom stereocenters. The van der Waals surface area contributed by atoms with Gasteiger partial charge in [-0.2, -0.15) is 26.3 Å². The Morgan fingerprint density at radius 2 is 1.54 bits per heavy atom. The van der Waals surface area contributed by atoms with Gasteiger partial charge in [-0.15, -0.1) is 11.3 Å². The molecule has 0 bridgehead atoms. The van der Waals surface area contributed by atoms with Crippen LogP contribution in [0.25, 0.3) is 10.1 Å². The first kappa shape index (κ1) is 34.2. The number of hydrogen-bond acceptors (Lipinski definition) is 6. The standard InChI is InChI=1S/C30H24F7N3O5S/c1-28(2,44)13-38-25(41)14-4-9-21(45-3)18(10-14)26(42)40-23-17-7-5-15(29(32,33)34)11-22(17)46-24(23)27(43)39-16-6-8-20(31)19(12-16)30(35,36)37/h4-12,44H,13H2,1-3H3,(H,38,41)(H,39,43)(H,40,42). The van der Waals surface area contributed by atoms with Crippen molar-refractivity contribution in [3.63, 3.8) is 0 Å². The Labute approximate surface area is 260 Å². The predicted octanol–water partition coefficient (Wildman–Crippen LogP) is 7.09. The lowest BCUT2D eigenvalue weighted by Crippen LogP contribution is -2.38. The minimum atomic E-state index is -5.09. The lowest BCUT2D eigenvalue weighted by Gasteiger charge is -2.18. The fourth-order valence-electron chi connectivity index (χ4n) is 4.17. The van der Waals surface area contributed by atoms with Gasteiger partial charge in [-0.25, -0.2) is 4.39 Å². The average molecular weight is 672 g/mol. The van der Waals surface area contributed by atoms with Crippen molar-refractivity contribution in [3.05, 3.63) is 87.5 Å². The molecule has 8 nitrogen and oxygen atoms in total. The van der Waals surface area contributed by atoms with E-state index in [0.29, 0.717) is 23.5 Å². The Balaban J connectivity index is 1.76. The van der Waals surface area contributed by atoms with Gasteiger partial charge in [0.05, 0.1) is 35.1 Å². The van der Waals surface area contributed by atoms with Crippen LogP contribution in [0.2, 0.25) is 0 Å². The molecule has 0 saturated carbocycles. The minimum absolute atomic E-state index is 0.00960. The molecule has 0 radical (unpaired) electrons. The molecule has 0 aliphatic heterocycles. The van der Waals surface area contributed by atoms with E-state index in [0.717, 1.165) is 30.3 Å². The number of alkyl halides is 6. The molecule has 3 aromatic carbocycles. The van der Waals surface area contributed by atoms with Gasteiger partial charge in [0.15, 0.2) is 0 Å². The Morgan fingerprint density at radius 3 is 2.15 bits per heavy atom. The quantitative estimate of drug-likeness (QED) is 0.149. The zero-order valence-electron chi connectivity index (χ0n) is 24.0. The smallest absolute Gasteiger partial charge is 0.419 e. The number of fused-ring (bicyclic) bond motifs is 1. The molecule has 3 amide bonds. The predicted molar refractivity (Wildman–Crippen MR) is 156 cm³/mol. The number of aliphatic hydroxyl groups is 1. The van der Waals surface area contributed by atoms with E-state index in [4.69, 9.17) is 4.74 Å². The van der Waals surface area contributed by atoms with E-state index in [2.05, 4.69) is 16.0 Å². The van der Waals surface area contributed by atoms with E-state index in [1.54, 1.807) is 0 Å². The Kier molecular flexibility index (Phi) is 9.36. The molecular formula is C30H24F7N3O5S.